The molecule has 1 heterocycles. The summed E-state index contributed by atoms with van der Waals surface area (Å²) in [5, 5.41) is 19.2. The molecule has 1 N–H and O–H groups in total. The van der Waals surface area contributed by atoms with Gasteiger partial charge in [0.2, 0.25) is 0 Å². The molecule has 0 aliphatic heterocycles. The quantitative estimate of drug-likeness (QED) is 0.912. The first-order valence-electron chi connectivity index (χ1n) is 6.84. The summed E-state index contributed by atoms with van der Waals surface area (Å²) in [4.78, 5) is 17.6. The summed E-state index contributed by atoms with van der Waals surface area (Å²) in [6.07, 6.45) is 1.39. The van der Waals surface area contributed by atoms with Crippen LogP contribution in [0.3, 0.4) is 0 Å². The molecule has 0 radical (unpaired) electrons. The average molecular weight is 283 g/mol. The molecule has 0 amide bonds. The fourth-order valence-electron chi connectivity index (χ4n) is 2.37. The number of aromatic carboxylic acids is 1. The minimum atomic E-state index is -1.01. The molecule has 5 heteroatoms. The van der Waals surface area contributed by atoms with Gasteiger partial charge in [-0.25, -0.2) is 4.79 Å². The van der Waals surface area contributed by atoms with Crippen molar-refractivity contribution in [2.45, 2.75) is 13.8 Å². The summed E-state index contributed by atoms with van der Waals surface area (Å²) in [5.74, 6) is -1.19. The summed E-state index contributed by atoms with van der Waals surface area (Å²) in [6.45, 7) is 4.89. The molecule has 1 aromatic carbocycles. The molecule has 1 unspecified atom stereocenters. The van der Waals surface area contributed by atoms with E-state index in [9.17, 15) is 9.90 Å². The summed E-state index contributed by atoms with van der Waals surface area (Å²) < 4.78 is 0. The fraction of sp³-hybridized carbons (Fsp3) is 0.312. The minimum absolute atomic E-state index is 0.167. The molecule has 0 spiro atoms. The number of hydrogen-bond donors (Lipinski definition) is 1. The Morgan fingerprint density at radius 1 is 1.48 bits per heavy atom. The summed E-state index contributed by atoms with van der Waals surface area (Å²) in [7, 11) is 0. The van der Waals surface area contributed by atoms with Gasteiger partial charge in [-0.2, -0.15) is 5.26 Å². The van der Waals surface area contributed by atoms with Crippen molar-refractivity contribution in [3.8, 4) is 6.07 Å². The van der Waals surface area contributed by atoms with E-state index in [1.807, 2.05) is 43.0 Å². The molecule has 1 atom stereocenters. The van der Waals surface area contributed by atoms with E-state index in [-0.39, 0.29) is 11.5 Å². The number of pyridine rings is 1. The van der Waals surface area contributed by atoms with E-state index in [2.05, 4.69) is 11.1 Å². The SMILES string of the molecule is CCN(CC(C)C#N)c1c(C(=O)O)cnc2ccccc12. The second kappa shape index (κ2) is 6.23. The average Bonchev–Trinajstić information content (AvgIpc) is 2.51. The number of carboxylic acids is 1. The largest absolute Gasteiger partial charge is 0.478 e. The highest BCUT2D eigenvalue weighted by molar-refractivity contribution is 6.04. The van der Waals surface area contributed by atoms with Crippen molar-refractivity contribution in [3.63, 3.8) is 0 Å². The van der Waals surface area contributed by atoms with Crippen LogP contribution in [0, 0.1) is 17.2 Å². The molecule has 0 aliphatic rings. The number of carbonyl (C=O) groups is 1. The lowest BCUT2D eigenvalue weighted by atomic mass is 10.1. The normalized spacial score (nSPS) is 11.9. The highest BCUT2D eigenvalue weighted by Gasteiger charge is 2.20. The van der Waals surface area contributed by atoms with Crippen LogP contribution in [0.2, 0.25) is 0 Å². The Bertz CT molecular complexity index is 706. The van der Waals surface area contributed by atoms with Gasteiger partial charge in [0.25, 0.3) is 0 Å². The molecule has 2 aromatic rings. The molecule has 0 fully saturated rings. The monoisotopic (exact) mass is 283 g/mol. The van der Waals surface area contributed by atoms with Gasteiger partial charge in [-0.1, -0.05) is 18.2 Å². The predicted octanol–water partition coefficient (Wildman–Crippen LogP) is 2.92. The third kappa shape index (κ3) is 2.95. The lowest BCUT2D eigenvalue weighted by molar-refractivity contribution is 0.0697. The number of fused-ring (bicyclic) bond motifs is 1. The second-order valence-corrected chi connectivity index (χ2v) is 4.91. The van der Waals surface area contributed by atoms with E-state index in [0.29, 0.717) is 18.8 Å². The van der Waals surface area contributed by atoms with Gasteiger partial charge in [0.1, 0.15) is 5.56 Å². The van der Waals surface area contributed by atoms with Crippen molar-refractivity contribution in [2.75, 3.05) is 18.0 Å². The molecule has 108 valence electrons. The molecule has 21 heavy (non-hydrogen) atoms. The van der Waals surface area contributed by atoms with Crippen molar-refractivity contribution < 1.29 is 9.90 Å². The van der Waals surface area contributed by atoms with Gasteiger partial charge < -0.3 is 10.0 Å². The van der Waals surface area contributed by atoms with E-state index in [1.165, 1.54) is 6.20 Å². The Balaban J connectivity index is 2.65. The van der Waals surface area contributed by atoms with Gasteiger partial charge in [-0.3, -0.25) is 4.98 Å². The van der Waals surface area contributed by atoms with Crippen molar-refractivity contribution in [1.82, 2.24) is 4.98 Å². The zero-order chi connectivity index (χ0) is 15.4. The minimum Gasteiger partial charge on any atom is -0.478 e. The Morgan fingerprint density at radius 3 is 2.81 bits per heavy atom. The summed E-state index contributed by atoms with van der Waals surface area (Å²) in [6, 6.07) is 9.64. The predicted molar refractivity (Wildman–Crippen MR) is 81.4 cm³/mol. The first kappa shape index (κ1) is 14.8. The highest BCUT2D eigenvalue weighted by atomic mass is 16.4. The number of nitrogens with zero attached hydrogens (tertiary/aromatic N) is 3. The van der Waals surface area contributed by atoms with E-state index in [4.69, 9.17) is 5.26 Å². The van der Waals surface area contributed by atoms with Crippen LogP contribution in [0.1, 0.15) is 24.2 Å². The van der Waals surface area contributed by atoms with Gasteiger partial charge >= 0.3 is 5.97 Å². The van der Waals surface area contributed by atoms with Crippen molar-refractivity contribution in [1.29, 1.82) is 5.26 Å². The third-order valence-corrected chi connectivity index (χ3v) is 3.39. The maximum atomic E-state index is 11.5. The van der Waals surface area contributed by atoms with Crippen molar-refractivity contribution >= 4 is 22.6 Å². The lowest BCUT2D eigenvalue weighted by Gasteiger charge is -2.27. The van der Waals surface area contributed by atoms with Gasteiger partial charge in [0.15, 0.2) is 0 Å². The maximum absolute atomic E-state index is 11.5. The van der Waals surface area contributed by atoms with Crippen LogP contribution in [-0.2, 0) is 0 Å². The topological polar surface area (TPSA) is 77.2 Å². The van der Waals surface area contributed by atoms with E-state index >= 15 is 0 Å². The highest BCUT2D eigenvalue weighted by Crippen LogP contribution is 2.30. The number of benzene rings is 1. The lowest BCUT2D eigenvalue weighted by Crippen LogP contribution is -2.29. The van der Waals surface area contributed by atoms with Crippen LogP contribution < -0.4 is 4.90 Å². The first-order valence-corrected chi connectivity index (χ1v) is 6.84. The Kier molecular flexibility index (Phi) is 4.39. The molecule has 0 aliphatic carbocycles. The number of rotatable bonds is 5. The van der Waals surface area contributed by atoms with Gasteiger partial charge in [-0.05, 0) is 19.9 Å². The maximum Gasteiger partial charge on any atom is 0.339 e. The smallest absolute Gasteiger partial charge is 0.339 e. The van der Waals surface area contributed by atoms with Crippen molar-refractivity contribution in [2.24, 2.45) is 5.92 Å². The van der Waals surface area contributed by atoms with E-state index in [0.717, 1.165) is 10.9 Å². The van der Waals surface area contributed by atoms with Gasteiger partial charge in [0, 0.05) is 24.7 Å². The molecule has 0 bridgehead atoms. The van der Waals surface area contributed by atoms with Crippen LogP contribution in [0.15, 0.2) is 30.5 Å². The second-order valence-electron chi connectivity index (χ2n) is 4.91. The molecular weight excluding hydrogens is 266 g/mol. The number of carboxylic acid groups (broad SMARTS) is 1. The Labute approximate surface area is 123 Å². The van der Waals surface area contributed by atoms with Gasteiger partial charge in [-0.15, -0.1) is 0 Å². The molecule has 5 nitrogen and oxygen atoms in total. The summed E-state index contributed by atoms with van der Waals surface area (Å²) >= 11 is 0. The first-order chi connectivity index (χ1) is 10.1. The molecule has 2 rings (SSSR count). The van der Waals surface area contributed by atoms with Crippen LogP contribution >= 0.6 is 0 Å². The fourth-order valence-corrected chi connectivity index (χ4v) is 2.37. The van der Waals surface area contributed by atoms with Crippen LogP contribution in [0.25, 0.3) is 10.9 Å². The number of nitriles is 1. The number of aromatic nitrogens is 1. The van der Waals surface area contributed by atoms with Gasteiger partial charge in [0.05, 0.1) is 23.2 Å². The summed E-state index contributed by atoms with van der Waals surface area (Å²) in [5.41, 5.74) is 1.55. The zero-order valence-electron chi connectivity index (χ0n) is 12.1. The van der Waals surface area contributed by atoms with Crippen LogP contribution in [0.5, 0.6) is 0 Å². The Morgan fingerprint density at radius 2 is 2.19 bits per heavy atom. The standard InChI is InChI=1S/C16H17N3O2/c1-3-19(10-11(2)8-17)15-12-6-4-5-7-14(12)18-9-13(15)16(20)21/h4-7,9,11H,3,10H2,1-2H3,(H,20,21). The third-order valence-electron chi connectivity index (χ3n) is 3.39. The van der Waals surface area contributed by atoms with E-state index < -0.39 is 5.97 Å². The number of hydrogen-bond acceptors (Lipinski definition) is 4. The molecule has 0 saturated carbocycles. The molecule has 0 saturated heterocycles. The van der Waals surface area contributed by atoms with Crippen LogP contribution in [0.4, 0.5) is 5.69 Å². The molecular formula is C16H17N3O2. The number of anilines is 1. The Hall–Kier alpha value is -2.61. The number of para-hydroxylation sites is 1. The zero-order valence-corrected chi connectivity index (χ0v) is 12.1. The van der Waals surface area contributed by atoms with Crippen molar-refractivity contribution in [3.05, 3.63) is 36.0 Å². The van der Waals surface area contributed by atoms with E-state index in [1.54, 1.807) is 0 Å². The molecule has 1 aromatic heterocycles. The van der Waals surface area contributed by atoms with Crippen LogP contribution in [-0.4, -0.2) is 29.1 Å².